The lowest BCUT2D eigenvalue weighted by atomic mass is 10.2. The van der Waals surface area contributed by atoms with E-state index in [1.165, 1.54) is 5.56 Å². The molecule has 0 aromatic carbocycles. The zero-order chi connectivity index (χ0) is 11.1. The minimum absolute atomic E-state index is 0.293. The van der Waals surface area contributed by atoms with Crippen molar-refractivity contribution in [1.82, 2.24) is 4.90 Å². The monoisotopic (exact) mass is 227 g/mol. The van der Waals surface area contributed by atoms with Gasteiger partial charge in [0.2, 0.25) is 0 Å². The largest absolute Gasteiger partial charge is 0.396 e. The van der Waals surface area contributed by atoms with E-state index in [4.69, 9.17) is 5.11 Å². The third-order valence-corrected chi connectivity index (χ3v) is 3.33. The Hall–Kier alpha value is -0.380. The van der Waals surface area contributed by atoms with Crippen LogP contribution in [0.15, 0.2) is 16.8 Å². The van der Waals surface area contributed by atoms with Gasteiger partial charge in [0.1, 0.15) is 0 Å². The van der Waals surface area contributed by atoms with Gasteiger partial charge in [-0.05, 0) is 49.1 Å². The fourth-order valence-electron chi connectivity index (χ4n) is 1.61. The van der Waals surface area contributed by atoms with Crippen LogP contribution < -0.4 is 0 Å². The van der Waals surface area contributed by atoms with Crippen LogP contribution >= 0.6 is 11.3 Å². The maximum absolute atomic E-state index is 8.82. The van der Waals surface area contributed by atoms with Gasteiger partial charge < -0.3 is 10.0 Å². The molecule has 1 N–H and O–H groups in total. The molecule has 0 saturated carbocycles. The van der Waals surface area contributed by atoms with Crippen LogP contribution in [-0.4, -0.2) is 35.7 Å². The molecule has 0 radical (unpaired) electrons. The van der Waals surface area contributed by atoms with Crippen LogP contribution in [0.2, 0.25) is 0 Å². The van der Waals surface area contributed by atoms with Crippen LogP contribution in [0.4, 0.5) is 0 Å². The SMILES string of the molecule is CC(C)N(CCCO)CCc1ccsc1. The molecule has 1 heterocycles. The van der Waals surface area contributed by atoms with Gasteiger partial charge in [0.05, 0.1) is 0 Å². The summed E-state index contributed by atoms with van der Waals surface area (Å²) in [6.07, 6.45) is 1.99. The molecule has 1 rings (SSSR count). The van der Waals surface area contributed by atoms with Crippen molar-refractivity contribution in [2.24, 2.45) is 0 Å². The second-order valence-corrected chi connectivity index (χ2v) is 4.87. The summed E-state index contributed by atoms with van der Waals surface area (Å²) in [6, 6.07) is 2.75. The third-order valence-electron chi connectivity index (χ3n) is 2.60. The molecule has 0 spiro atoms. The molecule has 86 valence electrons. The second-order valence-electron chi connectivity index (χ2n) is 4.09. The Morgan fingerprint density at radius 3 is 2.73 bits per heavy atom. The minimum Gasteiger partial charge on any atom is -0.396 e. The van der Waals surface area contributed by atoms with Crippen molar-refractivity contribution in [1.29, 1.82) is 0 Å². The fraction of sp³-hybridized carbons (Fsp3) is 0.667. The van der Waals surface area contributed by atoms with Gasteiger partial charge in [-0.15, -0.1) is 0 Å². The average molecular weight is 227 g/mol. The maximum atomic E-state index is 8.82. The Labute approximate surface area is 96.5 Å². The molecule has 0 atom stereocenters. The van der Waals surface area contributed by atoms with Gasteiger partial charge in [-0.25, -0.2) is 0 Å². The molecule has 1 aromatic rings. The van der Waals surface area contributed by atoms with Crippen molar-refractivity contribution in [3.63, 3.8) is 0 Å². The molecule has 0 aliphatic rings. The maximum Gasteiger partial charge on any atom is 0.0443 e. The van der Waals surface area contributed by atoms with Crippen molar-refractivity contribution in [3.05, 3.63) is 22.4 Å². The van der Waals surface area contributed by atoms with Crippen molar-refractivity contribution in [3.8, 4) is 0 Å². The quantitative estimate of drug-likeness (QED) is 0.773. The first-order valence-electron chi connectivity index (χ1n) is 5.60. The molecule has 3 heteroatoms. The standard InChI is InChI=1S/C12H21NOS/c1-11(2)13(6-3-8-14)7-4-12-5-9-15-10-12/h5,9-11,14H,3-4,6-8H2,1-2H3. The van der Waals surface area contributed by atoms with Gasteiger partial charge in [-0.2, -0.15) is 11.3 Å². The molecule has 0 aliphatic carbocycles. The topological polar surface area (TPSA) is 23.5 Å². The predicted octanol–water partition coefficient (Wildman–Crippen LogP) is 2.38. The van der Waals surface area contributed by atoms with E-state index in [0.29, 0.717) is 12.6 Å². The first kappa shape index (κ1) is 12.7. The zero-order valence-corrected chi connectivity index (χ0v) is 10.5. The van der Waals surface area contributed by atoms with Gasteiger partial charge in [-0.3, -0.25) is 0 Å². The highest BCUT2D eigenvalue weighted by molar-refractivity contribution is 7.07. The van der Waals surface area contributed by atoms with Crippen LogP contribution in [0.25, 0.3) is 0 Å². The molecule has 0 aliphatic heterocycles. The second kappa shape index (κ2) is 6.99. The Balaban J connectivity index is 2.31. The normalized spacial score (nSPS) is 11.5. The predicted molar refractivity (Wildman–Crippen MR) is 66.4 cm³/mol. The highest BCUT2D eigenvalue weighted by atomic mass is 32.1. The minimum atomic E-state index is 0.293. The third kappa shape index (κ3) is 4.78. The number of rotatable bonds is 7. The Morgan fingerprint density at radius 2 is 2.20 bits per heavy atom. The number of hydrogen-bond acceptors (Lipinski definition) is 3. The van der Waals surface area contributed by atoms with Gasteiger partial charge in [0.15, 0.2) is 0 Å². The van der Waals surface area contributed by atoms with Gasteiger partial charge in [0, 0.05) is 25.7 Å². The molecule has 1 aromatic heterocycles. The summed E-state index contributed by atoms with van der Waals surface area (Å²) in [5, 5.41) is 13.2. The average Bonchev–Trinajstić information content (AvgIpc) is 2.70. The van der Waals surface area contributed by atoms with Crippen molar-refractivity contribution in [2.75, 3.05) is 19.7 Å². The van der Waals surface area contributed by atoms with Crippen LogP contribution in [0.1, 0.15) is 25.8 Å². The van der Waals surface area contributed by atoms with Gasteiger partial charge in [0.25, 0.3) is 0 Å². The van der Waals surface area contributed by atoms with Crippen LogP contribution in [0, 0.1) is 0 Å². The molecule has 15 heavy (non-hydrogen) atoms. The number of aliphatic hydroxyl groups excluding tert-OH is 1. The number of hydrogen-bond donors (Lipinski definition) is 1. The summed E-state index contributed by atoms with van der Waals surface area (Å²) in [6.45, 7) is 6.81. The Bertz CT molecular complexity index is 246. The molecule has 0 amide bonds. The highest BCUT2D eigenvalue weighted by Crippen LogP contribution is 2.09. The summed E-state index contributed by atoms with van der Waals surface area (Å²) in [7, 11) is 0. The van der Waals surface area contributed by atoms with E-state index >= 15 is 0 Å². The van der Waals surface area contributed by atoms with E-state index in [2.05, 4.69) is 35.6 Å². The van der Waals surface area contributed by atoms with E-state index in [1.807, 2.05) is 0 Å². The van der Waals surface area contributed by atoms with E-state index in [1.54, 1.807) is 11.3 Å². The van der Waals surface area contributed by atoms with Gasteiger partial charge in [-0.1, -0.05) is 0 Å². The summed E-state index contributed by atoms with van der Waals surface area (Å²) in [5.41, 5.74) is 1.43. The lowest BCUT2D eigenvalue weighted by molar-refractivity contribution is 0.193. The number of aliphatic hydroxyl groups is 1. The molecular formula is C12H21NOS. The fourth-order valence-corrected chi connectivity index (χ4v) is 2.31. The first-order chi connectivity index (χ1) is 7.24. The summed E-state index contributed by atoms with van der Waals surface area (Å²) < 4.78 is 0. The van der Waals surface area contributed by atoms with E-state index in [-0.39, 0.29) is 0 Å². The molecule has 0 saturated heterocycles. The molecule has 0 bridgehead atoms. The zero-order valence-electron chi connectivity index (χ0n) is 9.65. The van der Waals surface area contributed by atoms with Crippen molar-refractivity contribution in [2.45, 2.75) is 32.7 Å². The van der Waals surface area contributed by atoms with E-state index in [9.17, 15) is 0 Å². The van der Waals surface area contributed by atoms with E-state index < -0.39 is 0 Å². The van der Waals surface area contributed by atoms with Gasteiger partial charge >= 0.3 is 0 Å². The summed E-state index contributed by atoms with van der Waals surface area (Å²) >= 11 is 1.76. The smallest absolute Gasteiger partial charge is 0.0443 e. The molecule has 0 unspecified atom stereocenters. The molecule has 0 fully saturated rings. The van der Waals surface area contributed by atoms with Crippen LogP contribution in [0.5, 0.6) is 0 Å². The lowest BCUT2D eigenvalue weighted by Gasteiger charge is -2.25. The lowest BCUT2D eigenvalue weighted by Crippen LogP contribution is -2.34. The highest BCUT2D eigenvalue weighted by Gasteiger charge is 2.08. The van der Waals surface area contributed by atoms with Crippen molar-refractivity contribution >= 4 is 11.3 Å². The Morgan fingerprint density at radius 1 is 1.40 bits per heavy atom. The van der Waals surface area contributed by atoms with E-state index in [0.717, 1.165) is 25.9 Å². The number of thiophene rings is 1. The first-order valence-corrected chi connectivity index (χ1v) is 6.54. The summed E-state index contributed by atoms with van der Waals surface area (Å²) in [4.78, 5) is 2.42. The Kier molecular flexibility index (Phi) is 5.91. The van der Waals surface area contributed by atoms with Crippen molar-refractivity contribution < 1.29 is 5.11 Å². The molecule has 2 nitrogen and oxygen atoms in total. The van der Waals surface area contributed by atoms with Crippen LogP contribution in [0.3, 0.4) is 0 Å². The number of nitrogens with zero attached hydrogens (tertiary/aromatic N) is 1. The van der Waals surface area contributed by atoms with Crippen LogP contribution in [-0.2, 0) is 6.42 Å². The summed E-state index contributed by atoms with van der Waals surface area (Å²) in [5.74, 6) is 0. The molecular weight excluding hydrogens is 206 g/mol.